The maximum absolute atomic E-state index is 5.51. The van der Waals surface area contributed by atoms with Gasteiger partial charge in [-0.15, -0.1) is 0 Å². The number of benzene rings is 11. The van der Waals surface area contributed by atoms with E-state index >= 15 is 0 Å². The molecule has 0 bridgehead atoms. The second-order valence-electron chi connectivity index (χ2n) is 18.8. The predicted octanol–water partition coefficient (Wildman–Crippen LogP) is 17.7. The van der Waals surface area contributed by atoms with Crippen molar-refractivity contribution in [2.24, 2.45) is 0 Å². The molecule has 5 heteroatoms. The van der Waals surface area contributed by atoms with Crippen LogP contribution in [0.2, 0.25) is 0 Å². The van der Waals surface area contributed by atoms with Gasteiger partial charge in [0.25, 0.3) is 0 Å². The van der Waals surface area contributed by atoms with Crippen molar-refractivity contribution in [2.45, 2.75) is 0 Å². The third kappa shape index (κ3) is 7.46. The minimum atomic E-state index is 0.542. The Labute approximate surface area is 428 Å². The Hall–Kier alpha value is -9.97. The molecule has 0 aliphatic carbocycles. The van der Waals surface area contributed by atoms with Crippen LogP contribution >= 0.6 is 0 Å². The molecule has 346 valence electrons. The lowest BCUT2D eigenvalue weighted by atomic mass is 9.95. The lowest BCUT2D eigenvalue weighted by Gasteiger charge is -2.16. The summed E-state index contributed by atoms with van der Waals surface area (Å²) in [6, 6.07) is 97.3. The second kappa shape index (κ2) is 18.0. The van der Waals surface area contributed by atoms with E-state index in [1.807, 2.05) is 24.3 Å². The molecule has 0 amide bonds. The SMILES string of the molecule is c1ccc(-c2ccc(-c3ccc(-c4cc(-c5ccccc5)cc(-n5c6ccccc6c6ccc7c8ccccc8n(-c8nc(-c9ccccc9)nc(-c9ccccc9-c9ccccc9)n8)c7c65)c4)cc3)cc2)cc1. The first-order valence-electron chi connectivity index (χ1n) is 25.1. The van der Waals surface area contributed by atoms with Crippen LogP contribution in [-0.4, -0.2) is 24.1 Å². The molecule has 0 N–H and O–H groups in total. The van der Waals surface area contributed by atoms with Crippen LogP contribution in [0.1, 0.15) is 0 Å². The van der Waals surface area contributed by atoms with Crippen LogP contribution < -0.4 is 0 Å². The number of nitrogens with zero attached hydrogens (tertiary/aromatic N) is 5. The summed E-state index contributed by atoms with van der Waals surface area (Å²) in [5.74, 6) is 1.74. The van der Waals surface area contributed by atoms with Crippen molar-refractivity contribution in [1.29, 1.82) is 0 Å². The number of hydrogen-bond acceptors (Lipinski definition) is 3. The van der Waals surface area contributed by atoms with Gasteiger partial charge in [0.15, 0.2) is 11.6 Å². The van der Waals surface area contributed by atoms with Gasteiger partial charge in [0.05, 0.1) is 22.1 Å². The summed E-state index contributed by atoms with van der Waals surface area (Å²) in [5, 5.41) is 4.52. The van der Waals surface area contributed by atoms with Gasteiger partial charge >= 0.3 is 0 Å². The third-order valence-electron chi connectivity index (χ3n) is 14.4. The Morgan fingerprint density at radius 3 is 1.15 bits per heavy atom. The van der Waals surface area contributed by atoms with E-state index in [2.05, 4.69) is 258 Å². The fourth-order valence-corrected chi connectivity index (χ4v) is 10.9. The largest absolute Gasteiger partial charge is 0.307 e. The van der Waals surface area contributed by atoms with Crippen molar-refractivity contribution >= 4 is 43.6 Å². The molecule has 0 fully saturated rings. The summed E-state index contributed by atoms with van der Waals surface area (Å²) >= 11 is 0. The fourth-order valence-electron chi connectivity index (χ4n) is 10.9. The monoisotopic (exact) mass is 943 g/mol. The van der Waals surface area contributed by atoms with Crippen molar-refractivity contribution < 1.29 is 0 Å². The zero-order valence-corrected chi connectivity index (χ0v) is 40.2. The van der Waals surface area contributed by atoms with Gasteiger partial charge in [-0.1, -0.05) is 243 Å². The van der Waals surface area contributed by atoms with Crippen molar-refractivity contribution in [3.8, 4) is 90.0 Å². The lowest BCUT2D eigenvalue weighted by Crippen LogP contribution is -2.07. The van der Waals surface area contributed by atoms with Crippen LogP contribution in [0.15, 0.2) is 273 Å². The number of para-hydroxylation sites is 2. The first kappa shape index (κ1) is 42.9. The summed E-state index contributed by atoms with van der Waals surface area (Å²) in [4.78, 5) is 16.2. The molecule has 0 radical (unpaired) electrons. The average Bonchev–Trinajstić information content (AvgIpc) is 4.01. The molecular formula is C69H45N5. The summed E-state index contributed by atoms with van der Waals surface area (Å²) in [6.07, 6.45) is 0. The highest BCUT2D eigenvalue weighted by Gasteiger charge is 2.25. The summed E-state index contributed by atoms with van der Waals surface area (Å²) in [5.41, 5.74) is 18.5. The molecule has 3 heterocycles. The average molecular weight is 944 g/mol. The number of rotatable bonds is 9. The topological polar surface area (TPSA) is 48.5 Å². The highest BCUT2D eigenvalue weighted by molar-refractivity contribution is 6.23. The second-order valence-corrected chi connectivity index (χ2v) is 18.8. The molecule has 11 aromatic carbocycles. The Bertz CT molecular complexity index is 4370. The zero-order valence-electron chi connectivity index (χ0n) is 40.2. The summed E-state index contributed by atoms with van der Waals surface area (Å²) in [6.45, 7) is 0. The van der Waals surface area contributed by atoms with E-state index in [4.69, 9.17) is 15.0 Å². The van der Waals surface area contributed by atoms with Gasteiger partial charge in [-0.2, -0.15) is 9.97 Å². The van der Waals surface area contributed by atoms with E-state index in [9.17, 15) is 0 Å². The molecule has 5 nitrogen and oxygen atoms in total. The minimum Gasteiger partial charge on any atom is -0.307 e. The highest BCUT2D eigenvalue weighted by atomic mass is 15.2. The van der Waals surface area contributed by atoms with Crippen molar-refractivity contribution in [3.05, 3.63) is 273 Å². The van der Waals surface area contributed by atoms with E-state index in [-0.39, 0.29) is 0 Å². The van der Waals surface area contributed by atoms with Crippen LogP contribution in [0.5, 0.6) is 0 Å². The molecule has 0 atom stereocenters. The lowest BCUT2D eigenvalue weighted by molar-refractivity contribution is 0.953. The molecular weight excluding hydrogens is 899 g/mol. The third-order valence-corrected chi connectivity index (χ3v) is 14.4. The first-order valence-corrected chi connectivity index (χ1v) is 25.1. The van der Waals surface area contributed by atoms with E-state index in [1.54, 1.807) is 0 Å². The maximum Gasteiger partial charge on any atom is 0.238 e. The van der Waals surface area contributed by atoms with Gasteiger partial charge in [-0.05, 0) is 86.0 Å². The minimum absolute atomic E-state index is 0.542. The van der Waals surface area contributed by atoms with E-state index in [1.165, 1.54) is 22.3 Å². The van der Waals surface area contributed by atoms with Crippen LogP contribution in [0.25, 0.3) is 134 Å². The molecule has 14 rings (SSSR count). The molecule has 74 heavy (non-hydrogen) atoms. The summed E-state index contributed by atoms with van der Waals surface area (Å²) in [7, 11) is 0. The predicted molar refractivity (Wildman–Crippen MR) is 307 cm³/mol. The molecule has 0 saturated heterocycles. The van der Waals surface area contributed by atoms with E-state index in [0.29, 0.717) is 17.6 Å². The van der Waals surface area contributed by atoms with Gasteiger partial charge in [0, 0.05) is 38.4 Å². The number of hydrogen-bond donors (Lipinski definition) is 0. The van der Waals surface area contributed by atoms with Crippen LogP contribution in [0, 0.1) is 0 Å². The Morgan fingerprint density at radius 2 is 0.608 bits per heavy atom. The van der Waals surface area contributed by atoms with Gasteiger partial charge in [0.2, 0.25) is 5.95 Å². The van der Waals surface area contributed by atoms with Gasteiger partial charge in [0.1, 0.15) is 0 Å². The number of aromatic nitrogens is 5. The summed E-state index contributed by atoms with van der Waals surface area (Å²) < 4.78 is 4.74. The Kier molecular flexibility index (Phi) is 10.4. The van der Waals surface area contributed by atoms with Crippen LogP contribution in [0.4, 0.5) is 0 Å². The first-order chi connectivity index (χ1) is 36.7. The Morgan fingerprint density at radius 1 is 0.230 bits per heavy atom. The molecule has 0 aliphatic heterocycles. The van der Waals surface area contributed by atoms with Crippen molar-refractivity contribution in [3.63, 3.8) is 0 Å². The van der Waals surface area contributed by atoms with E-state index in [0.717, 1.165) is 93.8 Å². The quantitative estimate of drug-likeness (QED) is 0.145. The van der Waals surface area contributed by atoms with Crippen molar-refractivity contribution in [1.82, 2.24) is 24.1 Å². The van der Waals surface area contributed by atoms with Gasteiger partial charge in [-0.25, -0.2) is 4.98 Å². The molecule has 0 spiro atoms. The normalized spacial score (nSPS) is 11.5. The Balaban J connectivity index is 1.01. The smallest absolute Gasteiger partial charge is 0.238 e. The maximum atomic E-state index is 5.51. The standard InChI is InChI=1S/C69H45N5/c1-5-19-46(20-6-1)48-33-35-49(36-34-48)50-37-39-51(40-38-50)55-43-54(47-21-7-2-8-22-47)44-56(45-55)73-63-31-17-15-28-58(63)60-41-42-61-59-29-16-18-32-64(59)74(66(61)65(60)73)69-71-67(53-25-11-4-12-26-53)70-68(72-69)62-30-14-13-27-57(62)52-23-9-3-10-24-52/h1-45H. The number of fused-ring (bicyclic) bond motifs is 7. The molecule has 3 aromatic heterocycles. The molecule has 0 aliphatic rings. The molecule has 0 unspecified atom stereocenters. The molecule has 14 aromatic rings. The fraction of sp³-hybridized carbons (Fsp3) is 0. The van der Waals surface area contributed by atoms with Gasteiger partial charge < -0.3 is 4.57 Å². The molecule has 0 saturated carbocycles. The van der Waals surface area contributed by atoms with Gasteiger partial charge in [-0.3, -0.25) is 4.57 Å². The highest BCUT2D eigenvalue weighted by Crippen LogP contribution is 2.43. The van der Waals surface area contributed by atoms with Crippen LogP contribution in [-0.2, 0) is 0 Å². The van der Waals surface area contributed by atoms with Crippen LogP contribution in [0.3, 0.4) is 0 Å². The zero-order chi connectivity index (χ0) is 49.0. The van der Waals surface area contributed by atoms with E-state index < -0.39 is 0 Å². The van der Waals surface area contributed by atoms with Crippen molar-refractivity contribution in [2.75, 3.05) is 0 Å².